The van der Waals surface area contributed by atoms with Crippen molar-refractivity contribution in [3.8, 4) is 0 Å². The summed E-state index contributed by atoms with van der Waals surface area (Å²) in [6.07, 6.45) is 0. The maximum atomic E-state index is 6.05. The average molecular weight is 243 g/mol. The summed E-state index contributed by atoms with van der Waals surface area (Å²) in [6, 6.07) is 4.59. The number of nitrogens with two attached hydrogens (primary N) is 1. The molecule has 0 radical (unpaired) electrons. The molecule has 1 aromatic heterocycles. The Morgan fingerprint density at radius 1 is 1.53 bits per heavy atom. The molecule has 2 atom stereocenters. The van der Waals surface area contributed by atoms with E-state index in [0.29, 0.717) is 10.5 Å². The van der Waals surface area contributed by atoms with Crippen LogP contribution < -0.4 is 5.73 Å². The number of thiophene rings is 1. The van der Waals surface area contributed by atoms with Crippen LogP contribution in [0.1, 0.15) is 21.9 Å². The van der Waals surface area contributed by atoms with Crippen LogP contribution in [0.25, 0.3) is 0 Å². The molecule has 0 saturated carbocycles. The SMILES string of the molecule is Cc1ccc(C(SC2COC2)C(C)N)s1. The van der Waals surface area contributed by atoms with E-state index in [2.05, 4.69) is 26.0 Å². The second-order valence-corrected chi connectivity index (χ2v) is 6.79. The standard InChI is InChI=1S/C11H17NOS2/c1-7-3-4-10(14-7)11(8(2)12)15-9-5-13-6-9/h3-4,8-9,11H,5-6,12H2,1-2H3. The van der Waals surface area contributed by atoms with Crippen LogP contribution in [-0.4, -0.2) is 24.5 Å². The highest BCUT2D eigenvalue weighted by molar-refractivity contribution is 8.00. The fourth-order valence-corrected chi connectivity index (χ4v) is 4.07. The Hall–Kier alpha value is -0.0300. The Balaban J connectivity index is 2.04. The molecular weight excluding hydrogens is 226 g/mol. The highest BCUT2D eigenvalue weighted by atomic mass is 32.2. The first-order valence-electron chi connectivity index (χ1n) is 5.22. The summed E-state index contributed by atoms with van der Waals surface area (Å²) in [5.41, 5.74) is 6.05. The molecule has 1 fully saturated rings. The smallest absolute Gasteiger partial charge is 0.0608 e. The van der Waals surface area contributed by atoms with Gasteiger partial charge in [-0.1, -0.05) is 0 Å². The van der Waals surface area contributed by atoms with E-state index < -0.39 is 0 Å². The summed E-state index contributed by atoms with van der Waals surface area (Å²) >= 11 is 3.83. The predicted molar refractivity (Wildman–Crippen MR) is 67.6 cm³/mol. The van der Waals surface area contributed by atoms with Crippen molar-refractivity contribution in [1.29, 1.82) is 0 Å². The second kappa shape index (κ2) is 4.87. The summed E-state index contributed by atoms with van der Waals surface area (Å²) in [5, 5.41) is 1.07. The summed E-state index contributed by atoms with van der Waals surface area (Å²) < 4.78 is 5.20. The van der Waals surface area contributed by atoms with Gasteiger partial charge in [0.25, 0.3) is 0 Å². The minimum absolute atomic E-state index is 0.202. The zero-order chi connectivity index (χ0) is 10.8. The Morgan fingerprint density at radius 3 is 2.67 bits per heavy atom. The highest BCUT2D eigenvalue weighted by Crippen LogP contribution is 2.39. The molecule has 0 amide bonds. The summed E-state index contributed by atoms with van der Waals surface area (Å²) in [5.74, 6) is 0. The normalized spacial score (nSPS) is 21.0. The van der Waals surface area contributed by atoms with Gasteiger partial charge < -0.3 is 10.5 Å². The van der Waals surface area contributed by atoms with E-state index in [1.54, 1.807) is 0 Å². The topological polar surface area (TPSA) is 35.2 Å². The largest absolute Gasteiger partial charge is 0.379 e. The molecule has 2 N–H and O–H groups in total. The van der Waals surface area contributed by atoms with E-state index in [9.17, 15) is 0 Å². The molecule has 1 aromatic rings. The van der Waals surface area contributed by atoms with Crippen LogP contribution in [0.2, 0.25) is 0 Å². The molecule has 2 heterocycles. The molecule has 2 nitrogen and oxygen atoms in total. The molecule has 4 heteroatoms. The molecule has 0 aliphatic carbocycles. The van der Waals surface area contributed by atoms with Gasteiger partial charge in [-0.25, -0.2) is 0 Å². The van der Waals surface area contributed by atoms with E-state index in [1.165, 1.54) is 9.75 Å². The van der Waals surface area contributed by atoms with Gasteiger partial charge in [-0.3, -0.25) is 0 Å². The molecule has 0 aromatic carbocycles. The summed E-state index contributed by atoms with van der Waals surface area (Å²) in [7, 11) is 0. The average Bonchev–Trinajstić information content (AvgIpc) is 2.49. The zero-order valence-corrected chi connectivity index (χ0v) is 10.7. The van der Waals surface area contributed by atoms with Gasteiger partial charge in [0.1, 0.15) is 0 Å². The van der Waals surface area contributed by atoms with Crippen LogP contribution in [0.15, 0.2) is 12.1 Å². The zero-order valence-electron chi connectivity index (χ0n) is 9.10. The highest BCUT2D eigenvalue weighted by Gasteiger charge is 2.27. The van der Waals surface area contributed by atoms with Crippen molar-refractivity contribution in [1.82, 2.24) is 0 Å². The van der Waals surface area contributed by atoms with Crippen molar-refractivity contribution in [3.63, 3.8) is 0 Å². The summed E-state index contributed by atoms with van der Waals surface area (Å²) in [6.45, 7) is 6.01. The Kier molecular flexibility index (Phi) is 3.72. The van der Waals surface area contributed by atoms with Crippen molar-refractivity contribution >= 4 is 23.1 Å². The third-order valence-corrected chi connectivity index (χ3v) is 5.33. The van der Waals surface area contributed by atoms with Gasteiger partial charge in [0.05, 0.1) is 23.7 Å². The van der Waals surface area contributed by atoms with Gasteiger partial charge in [0.2, 0.25) is 0 Å². The number of ether oxygens (including phenoxy) is 1. The molecule has 15 heavy (non-hydrogen) atoms. The Morgan fingerprint density at radius 2 is 2.27 bits per heavy atom. The minimum atomic E-state index is 0.202. The predicted octanol–water partition coefficient (Wildman–Crippen LogP) is 2.58. The Bertz CT molecular complexity index is 320. The van der Waals surface area contributed by atoms with E-state index in [1.807, 2.05) is 23.1 Å². The third-order valence-electron chi connectivity index (χ3n) is 2.47. The van der Waals surface area contributed by atoms with Crippen LogP contribution >= 0.6 is 23.1 Å². The number of hydrogen-bond acceptors (Lipinski definition) is 4. The first-order chi connectivity index (χ1) is 7.16. The van der Waals surface area contributed by atoms with Crippen LogP contribution in [0.5, 0.6) is 0 Å². The first kappa shape index (κ1) is 11.5. The third kappa shape index (κ3) is 2.75. The quantitative estimate of drug-likeness (QED) is 0.883. The van der Waals surface area contributed by atoms with Crippen molar-refractivity contribution in [2.45, 2.75) is 30.4 Å². The fourth-order valence-electron chi connectivity index (χ4n) is 1.56. The van der Waals surface area contributed by atoms with Gasteiger partial charge in [-0.15, -0.1) is 23.1 Å². The molecule has 1 saturated heterocycles. The van der Waals surface area contributed by atoms with Gasteiger partial charge in [0, 0.05) is 15.8 Å². The molecule has 2 unspecified atom stereocenters. The second-order valence-electron chi connectivity index (χ2n) is 4.02. The van der Waals surface area contributed by atoms with Gasteiger partial charge in [0.15, 0.2) is 0 Å². The van der Waals surface area contributed by atoms with Crippen molar-refractivity contribution < 1.29 is 4.74 Å². The van der Waals surface area contributed by atoms with E-state index in [0.717, 1.165) is 13.2 Å². The van der Waals surface area contributed by atoms with Gasteiger partial charge >= 0.3 is 0 Å². The lowest BCUT2D eigenvalue weighted by Gasteiger charge is -2.30. The monoisotopic (exact) mass is 243 g/mol. The molecule has 0 bridgehead atoms. The van der Waals surface area contributed by atoms with Crippen molar-refractivity contribution in [2.24, 2.45) is 5.73 Å². The van der Waals surface area contributed by atoms with E-state index >= 15 is 0 Å². The fraction of sp³-hybridized carbons (Fsp3) is 0.636. The first-order valence-corrected chi connectivity index (χ1v) is 6.98. The lowest BCUT2D eigenvalue weighted by atomic mass is 10.2. The van der Waals surface area contributed by atoms with Crippen LogP contribution in [0.4, 0.5) is 0 Å². The van der Waals surface area contributed by atoms with Crippen molar-refractivity contribution in [3.05, 3.63) is 21.9 Å². The van der Waals surface area contributed by atoms with Crippen LogP contribution in [0.3, 0.4) is 0 Å². The molecule has 1 aliphatic heterocycles. The number of hydrogen-bond donors (Lipinski definition) is 1. The molecular formula is C11H17NOS2. The van der Waals surface area contributed by atoms with Crippen LogP contribution in [-0.2, 0) is 4.74 Å². The maximum absolute atomic E-state index is 6.05. The van der Waals surface area contributed by atoms with E-state index in [-0.39, 0.29) is 6.04 Å². The maximum Gasteiger partial charge on any atom is 0.0608 e. The molecule has 2 rings (SSSR count). The molecule has 84 valence electrons. The molecule has 1 aliphatic rings. The minimum Gasteiger partial charge on any atom is -0.379 e. The van der Waals surface area contributed by atoms with Gasteiger partial charge in [-0.2, -0.15) is 0 Å². The number of aryl methyl sites for hydroxylation is 1. The lowest BCUT2D eigenvalue weighted by Crippen LogP contribution is -2.33. The van der Waals surface area contributed by atoms with Crippen LogP contribution in [0, 0.1) is 6.92 Å². The lowest BCUT2D eigenvalue weighted by molar-refractivity contribution is 0.0452. The summed E-state index contributed by atoms with van der Waals surface area (Å²) in [4.78, 5) is 2.76. The number of rotatable bonds is 4. The molecule has 0 spiro atoms. The Labute approximate surface area is 99.2 Å². The number of thioether (sulfide) groups is 1. The van der Waals surface area contributed by atoms with Gasteiger partial charge in [-0.05, 0) is 26.0 Å². The van der Waals surface area contributed by atoms with Crippen molar-refractivity contribution in [2.75, 3.05) is 13.2 Å². The van der Waals surface area contributed by atoms with E-state index in [4.69, 9.17) is 10.5 Å².